The summed E-state index contributed by atoms with van der Waals surface area (Å²) >= 11 is 1.81. The van der Waals surface area contributed by atoms with Crippen molar-refractivity contribution in [1.29, 1.82) is 0 Å². The topological polar surface area (TPSA) is 81.9 Å². The Kier molecular flexibility index (Phi) is 10.7. The molecule has 0 saturated carbocycles. The van der Waals surface area contributed by atoms with E-state index in [0.717, 1.165) is 31.5 Å². The first kappa shape index (κ1) is 24.7. The molecule has 3 N–H and O–H groups in total. The third kappa shape index (κ3) is 7.28. The Hall–Kier alpha value is -1.59. The molecule has 2 aromatic heterocycles. The van der Waals surface area contributed by atoms with Crippen LogP contribution in [0.15, 0.2) is 45.3 Å². The zero-order valence-electron chi connectivity index (χ0n) is 17.6. The largest absolute Gasteiger partial charge is 0.459 e. The van der Waals surface area contributed by atoms with Crippen LogP contribution in [0.1, 0.15) is 41.2 Å². The predicted octanol–water partition coefficient (Wildman–Crippen LogP) is 3.33. The lowest BCUT2D eigenvalue weighted by Gasteiger charge is -2.36. The highest BCUT2D eigenvalue weighted by atomic mass is 127. The average Bonchev–Trinajstić information content (AvgIpc) is 3.45. The van der Waals surface area contributed by atoms with Gasteiger partial charge < -0.3 is 20.4 Å². The molecule has 1 aliphatic heterocycles. The Morgan fingerprint density at radius 2 is 2.00 bits per heavy atom. The van der Waals surface area contributed by atoms with Gasteiger partial charge in [-0.05, 0) is 55.4 Å². The van der Waals surface area contributed by atoms with Crippen LogP contribution in [0.5, 0.6) is 0 Å². The van der Waals surface area contributed by atoms with E-state index in [0.29, 0.717) is 24.9 Å². The Balaban J connectivity index is 0.00000320. The van der Waals surface area contributed by atoms with Crippen LogP contribution in [0.25, 0.3) is 0 Å². The van der Waals surface area contributed by atoms with Gasteiger partial charge in [0, 0.05) is 31.6 Å². The molecule has 30 heavy (non-hydrogen) atoms. The van der Waals surface area contributed by atoms with Gasteiger partial charge in [0.2, 0.25) is 0 Å². The molecule has 1 atom stereocenters. The van der Waals surface area contributed by atoms with Crippen LogP contribution in [0.3, 0.4) is 0 Å². The summed E-state index contributed by atoms with van der Waals surface area (Å²) in [6.45, 7) is 6.47. The number of halogens is 1. The molecule has 0 bridgehead atoms. The number of carbonyl (C=O) groups is 1. The second kappa shape index (κ2) is 13.0. The number of amides is 1. The lowest BCUT2D eigenvalue weighted by atomic mass is 9.97. The first-order valence-corrected chi connectivity index (χ1v) is 11.1. The monoisotopic (exact) mass is 545 g/mol. The van der Waals surface area contributed by atoms with Gasteiger partial charge >= 0.3 is 0 Å². The highest BCUT2D eigenvalue weighted by molar-refractivity contribution is 14.0. The summed E-state index contributed by atoms with van der Waals surface area (Å²) < 4.78 is 5.09. The number of hydrogen-bond acceptors (Lipinski definition) is 5. The minimum absolute atomic E-state index is 0. The molecule has 3 heterocycles. The van der Waals surface area contributed by atoms with Crippen molar-refractivity contribution < 1.29 is 9.21 Å². The number of furan rings is 1. The molecule has 1 aliphatic rings. The molecule has 3 rings (SSSR count). The fraction of sp³-hybridized carbons (Fsp3) is 0.524. The lowest BCUT2D eigenvalue weighted by Crippen LogP contribution is -2.46. The Morgan fingerprint density at radius 1 is 1.23 bits per heavy atom. The standard InChI is InChI=1S/C21H31N5O2S.HI/c1-16-7-11-26(12-8-16)17(19-6-4-14-29-19)15-25-21(22-2)24-10-9-23-20(27)18-5-3-13-28-18;/h3-6,13-14,16-17H,7-12,15H2,1-2H3,(H,23,27)(H2,22,24,25);1H. The van der Waals surface area contributed by atoms with Crippen LogP contribution >= 0.6 is 35.3 Å². The molecule has 2 aromatic rings. The first-order chi connectivity index (χ1) is 14.2. The van der Waals surface area contributed by atoms with Gasteiger partial charge in [0.15, 0.2) is 11.7 Å². The summed E-state index contributed by atoms with van der Waals surface area (Å²) in [5.41, 5.74) is 0. The second-order valence-electron chi connectivity index (χ2n) is 7.36. The summed E-state index contributed by atoms with van der Waals surface area (Å²) in [5.74, 6) is 1.66. The van der Waals surface area contributed by atoms with E-state index < -0.39 is 0 Å². The fourth-order valence-corrected chi connectivity index (χ4v) is 4.36. The quantitative estimate of drug-likeness (QED) is 0.205. The van der Waals surface area contributed by atoms with Gasteiger partial charge in [0.1, 0.15) is 0 Å². The van der Waals surface area contributed by atoms with E-state index in [1.807, 2.05) is 11.3 Å². The number of guanidine groups is 1. The van der Waals surface area contributed by atoms with E-state index in [9.17, 15) is 4.79 Å². The van der Waals surface area contributed by atoms with Gasteiger partial charge in [-0.1, -0.05) is 13.0 Å². The third-order valence-electron chi connectivity index (χ3n) is 5.27. The van der Waals surface area contributed by atoms with Gasteiger partial charge in [-0.2, -0.15) is 0 Å². The van der Waals surface area contributed by atoms with Crippen molar-refractivity contribution in [2.75, 3.05) is 39.8 Å². The summed E-state index contributed by atoms with van der Waals surface area (Å²) in [6.07, 6.45) is 4.00. The lowest BCUT2D eigenvalue weighted by molar-refractivity contribution is 0.0926. The van der Waals surface area contributed by atoms with Crippen molar-refractivity contribution in [2.24, 2.45) is 10.9 Å². The fourth-order valence-electron chi connectivity index (χ4n) is 3.50. The summed E-state index contributed by atoms with van der Waals surface area (Å²) in [5, 5.41) is 11.7. The van der Waals surface area contributed by atoms with E-state index in [2.05, 4.69) is 50.3 Å². The van der Waals surface area contributed by atoms with Crippen molar-refractivity contribution in [3.63, 3.8) is 0 Å². The number of piperidine rings is 1. The second-order valence-corrected chi connectivity index (χ2v) is 8.34. The Labute approximate surface area is 199 Å². The van der Waals surface area contributed by atoms with Crippen LogP contribution in [0.2, 0.25) is 0 Å². The van der Waals surface area contributed by atoms with E-state index in [1.54, 1.807) is 19.2 Å². The number of carbonyl (C=O) groups excluding carboxylic acids is 1. The number of aliphatic imine (C=N–C) groups is 1. The zero-order chi connectivity index (χ0) is 20.5. The minimum Gasteiger partial charge on any atom is -0.459 e. The minimum atomic E-state index is -0.211. The number of nitrogens with one attached hydrogen (secondary N) is 3. The number of nitrogens with zero attached hydrogens (tertiary/aromatic N) is 2. The van der Waals surface area contributed by atoms with E-state index >= 15 is 0 Å². The summed E-state index contributed by atoms with van der Waals surface area (Å²) in [6, 6.07) is 8.03. The summed E-state index contributed by atoms with van der Waals surface area (Å²) in [4.78, 5) is 20.2. The molecule has 9 heteroatoms. The molecular formula is C21H32IN5O2S. The van der Waals surface area contributed by atoms with Gasteiger partial charge in [-0.15, -0.1) is 35.3 Å². The van der Waals surface area contributed by atoms with Gasteiger partial charge in [-0.25, -0.2) is 0 Å². The molecule has 0 aliphatic carbocycles. The molecule has 7 nitrogen and oxygen atoms in total. The molecule has 0 spiro atoms. The van der Waals surface area contributed by atoms with Crippen molar-refractivity contribution >= 4 is 47.2 Å². The molecule has 1 saturated heterocycles. The van der Waals surface area contributed by atoms with Crippen LogP contribution in [0, 0.1) is 5.92 Å². The summed E-state index contributed by atoms with van der Waals surface area (Å²) in [7, 11) is 1.76. The average molecular weight is 545 g/mol. The third-order valence-corrected chi connectivity index (χ3v) is 6.24. The van der Waals surface area contributed by atoms with Crippen LogP contribution < -0.4 is 16.0 Å². The van der Waals surface area contributed by atoms with E-state index in [4.69, 9.17) is 4.42 Å². The van der Waals surface area contributed by atoms with Gasteiger partial charge in [0.05, 0.1) is 12.3 Å². The van der Waals surface area contributed by atoms with Gasteiger partial charge in [0.25, 0.3) is 5.91 Å². The molecular weight excluding hydrogens is 513 g/mol. The van der Waals surface area contributed by atoms with Crippen molar-refractivity contribution in [2.45, 2.75) is 25.8 Å². The van der Waals surface area contributed by atoms with Gasteiger partial charge in [-0.3, -0.25) is 14.7 Å². The SMILES string of the molecule is CN=C(NCCNC(=O)c1ccco1)NCC(c1cccs1)N1CCC(C)CC1.I. The molecule has 1 unspecified atom stereocenters. The molecule has 166 valence electrons. The van der Waals surface area contributed by atoms with Crippen molar-refractivity contribution in [3.8, 4) is 0 Å². The maximum atomic E-state index is 11.9. The molecule has 1 fully saturated rings. The van der Waals surface area contributed by atoms with Crippen LogP contribution in [-0.2, 0) is 0 Å². The highest BCUT2D eigenvalue weighted by Crippen LogP contribution is 2.28. The Bertz CT molecular complexity index is 758. The number of likely N-dealkylation sites (tertiary alicyclic amines) is 1. The number of hydrogen-bond donors (Lipinski definition) is 3. The highest BCUT2D eigenvalue weighted by Gasteiger charge is 2.25. The van der Waals surface area contributed by atoms with Crippen molar-refractivity contribution in [1.82, 2.24) is 20.9 Å². The van der Waals surface area contributed by atoms with E-state index in [1.165, 1.54) is 24.0 Å². The van der Waals surface area contributed by atoms with Crippen LogP contribution in [0.4, 0.5) is 0 Å². The maximum Gasteiger partial charge on any atom is 0.287 e. The van der Waals surface area contributed by atoms with E-state index in [-0.39, 0.29) is 29.9 Å². The zero-order valence-corrected chi connectivity index (χ0v) is 20.7. The smallest absolute Gasteiger partial charge is 0.287 e. The molecule has 0 radical (unpaired) electrons. The first-order valence-electron chi connectivity index (χ1n) is 10.2. The molecule has 0 aromatic carbocycles. The molecule has 1 amide bonds. The van der Waals surface area contributed by atoms with Crippen LogP contribution in [-0.4, -0.2) is 56.5 Å². The van der Waals surface area contributed by atoms with Crippen molar-refractivity contribution in [3.05, 3.63) is 46.5 Å². The maximum absolute atomic E-state index is 11.9. The number of rotatable bonds is 8. The predicted molar refractivity (Wildman–Crippen MR) is 133 cm³/mol. The normalized spacial score (nSPS) is 16.5. The Morgan fingerprint density at radius 3 is 2.63 bits per heavy atom. The number of thiophene rings is 1.